The lowest BCUT2D eigenvalue weighted by Gasteiger charge is -2.13. The molecule has 0 heterocycles. The van der Waals surface area contributed by atoms with Crippen molar-refractivity contribution in [2.75, 3.05) is 11.8 Å². The van der Waals surface area contributed by atoms with Crippen LogP contribution in [-0.2, 0) is 10.0 Å². The number of sulfonamides is 1. The van der Waals surface area contributed by atoms with Gasteiger partial charge < -0.3 is 9.84 Å². The van der Waals surface area contributed by atoms with E-state index in [0.717, 1.165) is 5.56 Å². The van der Waals surface area contributed by atoms with Gasteiger partial charge in [-0.1, -0.05) is 42.0 Å². The maximum absolute atomic E-state index is 13.0. The summed E-state index contributed by atoms with van der Waals surface area (Å²) in [4.78, 5) is 12.5. The molecule has 0 fully saturated rings. The first-order valence-corrected chi connectivity index (χ1v) is 11.7. The average Bonchev–Trinajstić information content (AvgIpc) is 2.84. The molecule has 0 saturated heterocycles. The molecule has 0 aliphatic rings. The van der Waals surface area contributed by atoms with E-state index in [-0.39, 0.29) is 22.0 Å². The van der Waals surface area contributed by atoms with Crippen LogP contribution in [0.2, 0.25) is 0 Å². The van der Waals surface area contributed by atoms with Crippen LogP contribution in [0, 0.1) is 6.92 Å². The molecule has 0 saturated carbocycles. The molecule has 1 amide bonds. The van der Waals surface area contributed by atoms with E-state index >= 15 is 0 Å². The third-order valence-electron chi connectivity index (χ3n) is 5.12. The number of phenols is 1. The maximum Gasteiger partial charge on any atom is 0.295 e. The number of nitrogens with one attached hydrogen (secondary N) is 1. The molecule has 0 bridgehead atoms. The third-order valence-corrected chi connectivity index (χ3v) is 6.51. The summed E-state index contributed by atoms with van der Waals surface area (Å²) in [5.41, 5.74) is 1.38. The number of fused-ring (bicyclic) bond motifs is 1. The van der Waals surface area contributed by atoms with Crippen LogP contribution in [0.5, 0.6) is 11.5 Å². The molecule has 2 N–H and O–H groups in total. The Hall–Kier alpha value is -4.24. The second-order valence-corrected chi connectivity index (χ2v) is 9.18. The van der Waals surface area contributed by atoms with Crippen LogP contribution in [0.25, 0.3) is 10.8 Å². The van der Waals surface area contributed by atoms with Crippen LogP contribution in [0.3, 0.4) is 0 Å². The van der Waals surface area contributed by atoms with Crippen LogP contribution in [-0.4, -0.2) is 26.5 Å². The fourth-order valence-corrected chi connectivity index (χ4v) is 4.47. The number of carbonyl (C=O) groups excluding carboxylic acids is 1. The molecule has 34 heavy (non-hydrogen) atoms. The predicted octanol–water partition coefficient (Wildman–Crippen LogP) is 5.59. The van der Waals surface area contributed by atoms with Gasteiger partial charge in [-0.05, 0) is 49.4 Å². The SMILES string of the molecule is COc1ccc(S(=O)(=O)Nc2cc(N=NC(=O)c3cccc(C)c3)c(O)c3ccccc23)cc1. The van der Waals surface area contributed by atoms with Crippen molar-refractivity contribution in [3.63, 3.8) is 0 Å². The van der Waals surface area contributed by atoms with Gasteiger partial charge in [0, 0.05) is 16.3 Å². The van der Waals surface area contributed by atoms with Gasteiger partial charge in [-0.25, -0.2) is 8.42 Å². The molecule has 0 spiro atoms. The molecule has 0 aliphatic carbocycles. The highest BCUT2D eigenvalue weighted by Gasteiger charge is 2.19. The third kappa shape index (κ3) is 4.74. The van der Waals surface area contributed by atoms with Gasteiger partial charge in [0.25, 0.3) is 15.9 Å². The minimum Gasteiger partial charge on any atom is -0.505 e. The summed E-state index contributed by atoms with van der Waals surface area (Å²) in [5, 5.41) is 19.2. The monoisotopic (exact) mass is 475 g/mol. The molecule has 0 radical (unpaired) electrons. The van der Waals surface area contributed by atoms with E-state index in [9.17, 15) is 18.3 Å². The summed E-state index contributed by atoms with van der Waals surface area (Å²) >= 11 is 0. The topological polar surface area (TPSA) is 117 Å². The molecule has 0 atom stereocenters. The quantitative estimate of drug-likeness (QED) is 0.279. The maximum atomic E-state index is 13.0. The fraction of sp³-hybridized carbons (Fsp3) is 0.0800. The minimum absolute atomic E-state index is 0.0308. The van der Waals surface area contributed by atoms with E-state index in [1.54, 1.807) is 54.6 Å². The van der Waals surface area contributed by atoms with E-state index in [1.165, 1.54) is 25.3 Å². The van der Waals surface area contributed by atoms with E-state index in [2.05, 4.69) is 15.0 Å². The van der Waals surface area contributed by atoms with Gasteiger partial charge in [0.15, 0.2) is 5.75 Å². The van der Waals surface area contributed by atoms with Gasteiger partial charge in [0.1, 0.15) is 11.4 Å². The van der Waals surface area contributed by atoms with Crippen LogP contribution in [0.1, 0.15) is 15.9 Å². The molecule has 0 unspecified atom stereocenters. The van der Waals surface area contributed by atoms with Crippen LogP contribution >= 0.6 is 0 Å². The number of benzene rings is 4. The van der Waals surface area contributed by atoms with Gasteiger partial charge in [0.2, 0.25) is 0 Å². The van der Waals surface area contributed by atoms with Crippen LogP contribution in [0.4, 0.5) is 11.4 Å². The molecule has 9 heteroatoms. The van der Waals surface area contributed by atoms with Crippen molar-refractivity contribution in [2.45, 2.75) is 11.8 Å². The molecule has 8 nitrogen and oxygen atoms in total. The van der Waals surface area contributed by atoms with E-state index < -0.39 is 15.9 Å². The Balaban J connectivity index is 1.74. The number of rotatable bonds is 6. The summed E-state index contributed by atoms with van der Waals surface area (Å²) in [6.07, 6.45) is 0. The highest BCUT2D eigenvalue weighted by Crippen LogP contribution is 2.40. The van der Waals surface area contributed by atoms with Gasteiger partial charge in [-0.15, -0.1) is 10.2 Å². The molecule has 172 valence electrons. The first-order chi connectivity index (χ1) is 16.3. The molecular formula is C25H21N3O5S. The summed E-state index contributed by atoms with van der Waals surface area (Å²) in [7, 11) is -2.47. The lowest BCUT2D eigenvalue weighted by Crippen LogP contribution is -2.13. The Labute approximate surface area is 196 Å². The van der Waals surface area contributed by atoms with Crippen molar-refractivity contribution >= 4 is 38.1 Å². The van der Waals surface area contributed by atoms with Gasteiger partial charge in [0.05, 0.1) is 17.7 Å². The Morgan fingerprint density at radius 3 is 2.32 bits per heavy atom. The van der Waals surface area contributed by atoms with Crippen molar-refractivity contribution in [3.05, 3.63) is 90.0 Å². The summed E-state index contributed by atoms with van der Waals surface area (Å²) in [5.74, 6) is -0.282. The van der Waals surface area contributed by atoms with Crippen molar-refractivity contribution in [1.29, 1.82) is 0 Å². The van der Waals surface area contributed by atoms with Crippen molar-refractivity contribution in [1.82, 2.24) is 0 Å². The van der Waals surface area contributed by atoms with Crippen molar-refractivity contribution in [2.24, 2.45) is 10.2 Å². The lowest BCUT2D eigenvalue weighted by molar-refractivity contribution is 0.0995. The normalized spacial score (nSPS) is 11.6. The number of anilines is 1. The number of ether oxygens (including phenoxy) is 1. The number of phenolic OH excluding ortho intramolecular Hbond substituents is 1. The van der Waals surface area contributed by atoms with Gasteiger partial charge in [-0.2, -0.15) is 0 Å². The van der Waals surface area contributed by atoms with Crippen molar-refractivity contribution < 1.29 is 23.1 Å². The lowest BCUT2D eigenvalue weighted by atomic mass is 10.1. The zero-order valence-corrected chi connectivity index (χ0v) is 19.2. The predicted molar refractivity (Wildman–Crippen MR) is 129 cm³/mol. The van der Waals surface area contributed by atoms with Crippen LogP contribution in [0.15, 0.2) is 94.0 Å². The largest absolute Gasteiger partial charge is 0.505 e. The number of aromatic hydroxyl groups is 1. The fourth-order valence-electron chi connectivity index (χ4n) is 3.40. The Bertz CT molecular complexity index is 1510. The number of carbonyl (C=O) groups is 1. The Morgan fingerprint density at radius 1 is 0.941 bits per heavy atom. The van der Waals surface area contributed by atoms with E-state index in [1.807, 2.05) is 13.0 Å². The first-order valence-electron chi connectivity index (χ1n) is 10.2. The van der Waals surface area contributed by atoms with Gasteiger partial charge in [-0.3, -0.25) is 9.52 Å². The Morgan fingerprint density at radius 2 is 1.65 bits per heavy atom. The van der Waals surface area contributed by atoms with Crippen molar-refractivity contribution in [3.8, 4) is 11.5 Å². The summed E-state index contributed by atoms with van der Waals surface area (Å²) < 4.78 is 33.6. The molecule has 0 aromatic heterocycles. The zero-order valence-electron chi connectivity index (χ0n) is 18.4. The number of hydrogen-bond donors (Lipinski definition) is 2. The number of nitrogens with zero attached hydrogens (tertiary/aromatic N) is 2. The second kappa shape index (κ2) is 9.32. The average molecular weight is 476 g/mol. The molecule has 0 aliphatic heterocycles. The minimum atomic E-state index is -3.96. The van der Waals surface area contributed by atoms with Crippen LogP contribution < -0.4 is 9.46 Å². The number of azo groups is 1. The molecule has 4 aromatic carbocycles. The zero-order chi connectivity index (χ0) is 24.3. The van der Waals surface area contributed by atoms with Gasteiger partial charge >= 0.3 is 0 Å². The number of methoxy groups -OCH3 is 1. The first kappa shape index (κ1) is 22.9. The number of hydrogen-bond acceptors (Lipinski definition) is 6. The smallest absolute Gasteiger partial charge is 0.295 e. The second-order valence-electron chi connectivity index (χ2n) is 7.49. The number of amides is 1. The summed E-state index contributed by atoms with van der Waals surface area (Å²) in [6, 6.07) is 20.8. The molecule has 4 rings (SSSR count). The highest BCUT2D eigenvalue weighted by atomic mass is 32.2. The molecule has 4 aromatic rings. The number of aryl methyl sites for hydroxylation is 1. The molecular weight excluding hydrogens is 454 g/mol. The summed E-state index contributed by atoms with van der Waals surface area (Å²) in [6.45, 7) is 1.85. The Kier molecular flexibility index (Phi) is 6.29. The van der Waals surface area contributed by atoms with E-state index in [0.29, 0.717) is 22.1 Å². The standard InChI is InChI=1S/C25H21N3O5S/c1-16-6-5-7-17(14-16)25(30)27-26-23-15-22(20-8-3-4-9-21(20)24(23)29)28-34(31,32)19-12-10-18(33-2)11-13-19/h3-15,28-29H,1-2H3. The highest BCUT2D eigenvalue weighted by molar-refractivity contribution is 7.92. The van der Waals surface area contributed by atoms with E-state index in [4.69, 9.17) is 4.74 Å².